The monoisotopic (exact) mass is 473 g/mol. The lowest BCUT2D eigenvalue weighted by Gasteiger charge is -2.02. The maximum absolute atomic E-state index is 13.3. The molecule has 0 fully saturated rings. The van der Waals surface area contributed by atoms with Crippen LogP contribution in [0, 0.1) is 11.6 Å². The van der Waals surface area contributed by atoms with Crippen molar-refractivity contribution < 1.29 is 18.3 Å². The first kappa shape index (κ1) is 21.9. The summed E-state index contributed by atoms with van der Waals surface area (Å²) in [5.41, 5.74) is 1.47. The minimum atomic E-state index is -0.507. The van der Waals surface area contributed by atoms with E-state index in [-0.39, 0.29) is 17.3 Å². The number of rotatable bonds is 8. The van der Waals surface area contributed by atoms with Crippen molar-refractivity contribution in [2.75, 3.05) is 11.9 Å². The fourth-order valence-corrected chi connectivity index (χ4v) is 4.44. The molecule has 164 valence electrons. The summed E-state index contributed by atoms with van der Waals surface area (Å²) < 4.78 is 34.1. The molecule has 0 aliphatic rings. The Hall–Kier alpha value is -3.31. The van der Waals surface area contributed by atoms with Crippen molar-refractivity contribution in [3.63, 3.8) is 0 Å². The number of amides is 1. The second kappa shape index (κ2) is 9.88. The topological polar surface area (TPSA) is 81.9 Å². The van der Waals surface area contributed by atoms with E-state index in [0.29, 0.717) is 33.3 Å². The highest BCUT2D eigenvalue weighted by atomic mass is 32.2. The summed E-state index contributed by atoms with van der Waals surface area (Å²) in [5, 5.41) is 15.3. The highest BCUT2D eigenvalue weighted by Crippen LogP contribution is 2.29. The first-order valence-corrected chi connectivity index (χ1v) is 11.3. The summed E-state index contributed by atoms with van der Waals surface area (Å²) in [5.74, 6) is -0.354. The molecule has 2 heterocycles. The van der Waals surface area contributed by atoms with Crippen LogP contribution in [0.15, 0.2) is 59.1 Å². The van der Waals surface area contributed by atoms with E-state index in [9.17, 15) is 13.6 Å². The van der Waals surface area contributed by atoms with Gasteiger partial charge in [-0.3, -0.25) is 10.1 Å². The molecule has 0 aliphatic carbocycles. The number of ether oxygens (including phenoxy) is 1. The zero-order valence-corrected chi connectivity index (χ0v) is 18.4. The Kier molecular flexibility index (Phi) is 6.76. The maximum atomic E-state index is 13.3. The number of nitrogens with one attached hydrogen (secondary N) is 1. The summed E-state index contributed by atoms with van der Waals surface area (Å²) in [6, 6.07) is 12.0. The highest BCUT2D eigenvalue weighted by Gasteiger charge is 2.20. The van der Waals surface area contributed by atoms with Crippen molar-refractivity contribution >= 4 is 34.1 Å². The van der Waals surface area contributed by atoms with Gasteiger partial charge < -0.3 is 4.74 Å². The second-order valence-corrected chi connectivity index (χ2v) is 8.64. The molecule has 0 aliphatic heterocycles. The maximum Gasteiger partial charge on any atom is 0.281 e. The Morgan fingerprint density at radius 3 is 2.72 bits per heavy atom. The summed E-state index contributed by atoms with van der Waals surface area (Å²) in [4.78, 5) is 12.8. The average molecular weight is 474 g/mol. The van der Waals surface area contributed by atoms with Crippen LogP contribution in [0.4, 0.5) is 13.9 Å². The van der Waals surface area contributed by atoms with Crippen LogP contribution in [-0.2, 0) is 5.75 Å². The van der Waals surface area contributed by atoms with E-state index in [1.54, 1.807) is 31.3 Å². The number of hydrogen-bond donors (Lipinski definition) is 1. The molecule has 0 saturated heterocycles. The molecule has 32 heavy (non-hydrogen) atoms. The number of carbonyl (C=O) groups is 1. The van der Waals surface area contributed by atoms with Gasteiger partial charge in [-0.2, -0.15) is 5.10 Å². The zero-order chi connectivity index (χ0) is 22.5. The zero-order valence-electron chi connectivity index (χ0n) is 16.8. The first-order valence-electron chi connectivity index (χ1n) is 9.52. The Balaban J connectivity index is 1.46. The fraction of sp³-hybridized carbons (Fsp3) is 0.143. The number of nitrogens with zero attached hydrogens (tertiary/aromatic N) is 4. The summed E-state index contributed by atoms with van der Waals surface area (Å²) in [6.45, 7) is 2.14. The molecular weight excluding hydrogens is 456 g/mol. The normalized spacial score (nSPS) is 10.8. The average Bonchev–Trinajstić information content (AvgIpc) is 3.40. The van der Waals surface area contributed by atoms with E-state index in [1.165, 1.54) is 52.0 Å². The van der Waals surface area contributed by atoms with Crippen LogP contribution >= 0.6 is 23.1 Å². The van der Waals surface area contributed by atoms with Gasteiger partial charge in [0.2, 0.25) is 5.13 Å². The van der Waals surface area contributed by atoms with Gasteiger partial charge in [-0.1, -0.05) is 35.2 Å². The highest BCUT2D eigenvalue weighted by molar-refractivity contribution is 8.00. The molecule has 0 bridgehead atoms. The molecule has 4 rings (SSSR count). The third kappa shape index (κ3) is 5.29. The third-order valence-corrected chi connectivity index (χ3v) is 6.21. The predicted molar refractivity (Wildman–Crippen MR) is 119 cm³/mol. The molecular formula is C21H17F2N5O2S2. The van der Waals surface area contributed by atoms with Crippen LogP contribution in [0.5, 0.6) is 5.75 Å². The standard InChI is InChI=1S/C21H17F2N5O2S2/c1-2-30-17-11-28(16-8-6-14(22)7-9-16)27-18(17)19(29)24-20-25-26-21(32-20)31-12-13-4-3-5-15(23)10-13/h3-11H,2,12H2,1H3,(H,24,25,29). The van der Waals surface area contributed by atoms with Crippen LogP contribution in [0.25, 0.3) is 5.69 Å². The largest absolute Gasteiger partial charge is 0.490 e. The molecule has 0 saturated carbocycles. The number of halogens is 2. The molecule has 0 radical (unpaired) electrons. The Morgan fingerprint density at radius 2 is 1.97 bits per heavy atom. The third-order valence-electron chi connectivity index (χ3n) is 4.17. The first-order chi connectivity index (χ1) is 15.5. The van der Waals surface area contributed by atoms with E-state index in [0.717, 1.165) is 5.56 Å². The minimum Gasteiger partial charge on any atom is -0.490 e. The lowest BCUT2D eigenvalue weighted by Crippen LogP contribution is -2.14. The second-order valence-electron chi connectivity index (χ2n) is 6.44. The molecule has 1 N–H and O–H groups in total. The summed E-state index contributed by atoms with van der Waals surface area (Å²) in [7, 11) is 0. The lowest BCUT2D eigenvalue weighted by atomic mass is 10.2. The molecule has 2 aromatic carbocycles. The van der Waals surface area contributed by atoms with Crippen LogP contribution in [0.2, 0.25) is 0 Å². The van der Waals surface area contributed by atoms with Gasteiger partial charge in [0.1, 0.15) is 11.6 Å². The summed E-state index contributed by atoms with van der Waals surface area (Å²) in [6.07, 6.45) is 1.56. The number of thioether (sulfide) groups is 1. The number of hydrogen-bond acceptors (Lipinski definition) is 7. The van der Waals surface area contributed by atoms with Gasteiger partial charge in [0.25, 0.3) is 5.91 Å². The number of benzene rings is 2. The molecule has 0 unspecified atom stereocenters. The quantitative estimate of drug-likeness (QED) is 0.288. The predicted octanol–water partition coefficient (Wildman–Crippen LogP) is 4.95. The van der Waals surface area contributed by atoms with E-state index in [2.05, 4.69) is 20.6 Å². The van der Waals surface area contributed by atoms with E-state index in [1.807, 2.05) is 6.07 Å². The van der Waals surface area contributed by atoms with Gasteiger partial charge in [-0.15, -0.1) is 10.2 Å². The Labute approximate surface area is 190 Å². The SMILES string of the molecule is CCOc1cn(-c2ccc(F)cc2)nc1C(=O)Nc1nnc(SCc2cccc(F)c2)s1. The minimum absolute atomic E-state index is 0.0698. The molecule has 4 aromatic rings. The van der Waals surface area contributed by atoms with Gasteiger partial charge in [0, 0.05) is 5.75 Å². The Morgan fingerprint density at radius 1 is 1.16 bits per heavy atom. The van der Waals surface area contributed by atoms with E-state index < -0.39 is 5.91 Å². The lowest BCUT2D eigenvalue weighted by molar-refractivity contribution is 0.101. The van der Waals surface area contributed by atoms with Gasteiger partial charge >= 0.3 is 0 Å². The van der Waals surface area contributed by atoms with Gasteiger partial charge in [0.05, 0.1) is 18.5 Å². The van der Waals surface area contributed by atoms with Crippen LogP contribution in [0.1, 0.15) is 23.0 Å². The number of carbonyl (C=O) groups excluding carboxylic acids is 1. The Bertz CT molecular complexity index is 1230. The molecule has 2 aromatic heterocycles. The van der Waals surface area contributed by atoms with Gasteiger partial charge in [-0.25, -0.2) is 13.5 Å². The van der Waals surface area contributed by atoms with Crippen molar-refractivity contribution in [1.29, 1.82) is 0 Å². The van der Waals surface area contributed by atoms with Crippen molar-refractivity contribution in [2.45, 2.75) is 17.0 Å². The van der Waals surface area contributed by atoms with Gasteiger partial charge in [0.15, 0.2) is 15.8 Å². The van der Waals surface area contributed by atoms with Crippen LogP contribution < -0.4 is 10.1 Å². The molecule has 0 atom stereocenters. The summed E-state index contributed by atoms with van der Waals surface area (Å²) >= 11 is 2.59. The van der Waals surface area contributed by atoms with E-state index in [4.69, 9.17) is 4.74 Å². The van der Waals surface area contributed by atoms with Crippen molar-refractivity contribution in [2.24, 2.45) is 0 Å². The fourth-order valence-electron chi connectivity index (χ4n) is 2.75. The van der Waals surface area contributed by atoms with Crippen molar-refractivity contribution in [3.8, 4) is 11.4 Å². The van der Waals surface area contributed by atoms with Gasteiger partial charge in [-0.05, 0) is 48.9 Å². The number of anilines is 1. The van der Waals surface area contributed by atoms with Crippen LogP contribution in [-0.4, -0.2) is 32.5 Å². The molecule has 7 nitrogen and oxygen atoms in total. The smallest absolute Gasteiger partial charge is 0.281 e. The van der Waals surface area contributed by atoms with E-state index >= 15 is 0 Å². The molecule has 1 amide bonds. The molecule has 11 heteroatoms. The number of aromatic nitrogens is 4. The van der Waals surface area contributed by atoms with Crippen molar-refractivity contribution in [1.82, 2.24) is 20.0 Å². The molecule has 0 spiro atoms. The van der Waals surface area contributed by atoms with Crippen LogP contribution in [0.3, 0.4) is 0 Å². The van der Waals surface area contributed by atoms with Crippen molar-refractivity contribution in [3.05, 3.63) is 77.6 Å².